The SMILES string of the molecule is CCOc1ccc(NCC(=O)Nc2cccc(Cl)c2C)cc1. The number of halogens is 1. The molecule has 0 unspecified atom stereocenters. The number of hydrogen-bond donors (Lipinski definition) is 2. The molecule has 2 rings (SSSR count). The summed E-state index contributed by atoms with van der Waals surface area (Å²) in [7, 11) is 0. The Hall–Kier alpha value is -2.20. The normalized spacial score (nSPS) is 10.1. The van der Waals surface area contributed by atoms with Gasteiger partial charge < -0.3 is 15.4 Å². The van der Waals surface area contributed by atoms with E-state index in [1.165, 1.54) is 0 Å². The smallest absolute Gasteiger partial charge is 0.243 e. The minimum atomic E-state index is -0.126. The molecule has 4 nitrogen and oxygen atoms in total. The molecule has 0 aromatic heterocycles. The molecular weight excluding hydrogens is 300 g/mol. The van der Waals surface area contributed by atoms with Gasteiger partial charge in [0.25, 0.3) is 0 Å². The Morgan fingerprint density at radius 1 is 1.18 bits per heavy atom. The van der Waals surface area contributed by atoms with E-state index in [9.17, 15) is 4.79 Å². The molecule has 0 fully saturated rings. The van der Waals surface area contributed by atoms with Crippen molar-refractivity contribution in [2.24, 2.45) is 0 Å². The number of carbonyl (C=O) groups excluding carboxylic acids is 1. The van der Waals surface area contributed by atoms with Gasteiger partial charge in [0.1, 0.15) is 5.75 Å². The van der Waals surface area contributed by atoms with Gasteiger partial charge in [-0.15, -0.1) is 0 Å². The van der Waals surface area contributed by atoms with Gasteiger partial charge in [-0.1, -0.05) is 17.7 Å². The highest BCUT2D eigenvalue weighted by Crippen LogP contribution is 2.22. The molecule has 0 atom stereocenters. The van der Waals surface area contributed by atoms with Gasteiger partial charge in [0.2, 0.25) is 5.91 Å². The minimum absolute atomic E-state index is 0.126. The zero-order valence-corrected chi connectivity index (χ0v) is 13.4. The van der Waals surface area contributed by atoms with E-state index in [2.05, 4.69) is 10.6 Å². The van der Waals surface area contributed by atoms with E-state index >= 15 is 0 Å². The molecule has 0 aliphatic rings. The second kappa shape index (κ2) is 7.71. The van der Waals surface area contributed by atoms with Crippen molar-refractivity contribution in [3.63, 3.8) is 0 Å². The fourth-order valence-electron chi connectivity index (χ4n) is 1.96. The second-order valence-corrected chi connectivity index (χ2v) is 5.18. The summed E-state index contributed by atoms with van der Waals surface area (Å²) in [6, 6.07) is 12.9. The zero-order chi connectivity index (χ0) is 15.9. The van der Waals surface area contributed by atoms with Gasteiger partial charge in [-0.2, -0.15) is 0 Å². The summed E-state index contributed by atoms with van der Waals surface area (Å²) < 4.78 is 5.37. The van der Waals surface area contributed by atoms with Gasteiger partial charge >= 0.3 is 0 Å². The van der Waals surface area contributed by atoms with Gasteiger partial charge in [-0.25, -0.2) is 0 Å². The van der Waals surface area contributed by atoms with Gasteiger partial charge in [-0.05, 0) is 55.8 Å². The molecule has 0 aliphatic heterocycles. The molecule has 2 aromatic carbocycles. The highest BCUT2D eigenvalue weighted by Gasteiger charge is 2.06. The van der Waals surface area contributed by atoms with Crippen molar-refractivity contribution in [3.05, 3.63) is 53.1 Å². The van der Waals surface area contributed by atoms with Crippen LogP contribution in [0.1, 0.15) is 12.5 Å². The molecule has 0 aliphatic carbocycles. The van der Waals surface area contributed by atoms with Gasteiger partial charge in [0.05, 0.1) is 13.2 Å². The van der Waals surface area contributed by atoms with Crippen LogP contribution in [0.15, 0.2) is 42.5 Å². The standard InChI is InChI=1S/C17H19ClN2O2/c1-3-22-14-9-7-13(8-10-14)19-11-17(21)20-16-6-4-5-15(18)12(16)2/h4-10,19H,3,11H2,1-2H3,(H,20,21). The number of anilines is 2. The molecular formula is C17H19ClN2O2. The summed E-state index contributed by atoms with van der Waals surface area (Å²) in [6.45, 7) is 4.63. The molecule has 0 heterocycles. The summed E-state index contributed by atoms with van der Waals surface area (Å²) in [6.07, 6.45) is 0. The maximum absolute atomic E-state index is 12.0. The third-order valence-electron chi connectivity index (χ3n) is 3.16. The lowest BCUT2D eigenvalue weighted by Crippen LogP contribution is -2.22. The highest BCUT2D eigenvalue weighted by molar-refractivity contribution is 6.31. The average Bonchev–Trinajstić information content (AvgIpc) is 2.51. The number of benzene rings is 2. The van der Waals surface area contributed by atoms with Crippen LogP contribution in [-0.2, 0) is 4.79 Å². The van der Waals surface area contributed by atoms with Crippen molar-refractivity contribution < 1.29 is 9.53 Å². The van der Waals surface area contributed by atoms with Crippen LogP contribution in [0.3, 0.4) is 0 Å². The lowest BCUT2D eigenvalue weighted by molar-refractivity contribution is -0.114. The topological polar surface area (TPSA) is 50.4 Å². The lowest BCUT2D eigenvalue weighted by atomic mass is 10.2. The maximum atomic E-state index is 12.0. The summed E-state index contributed by atoms with van der Waals surface area (Å²) >= 11 is 6.03. The van der Waals surface area contributed by atoms with Crippen molar-refractivity contribution in [3.8, 4) is 5.75 Å². The maximum Gasteiger partial charge on any atom is 0.243 e. The first-order valence-corrected chi connectivity index (χ1v) is 7.49. The summed E-state index contributed by atoms with van der Waals surface area (Å²) in [5.74, 6) is 0.686. The van der Waals surface area contributed by atoms with Crippen LogP contribution in [0.2, 0.25) is 5.02 Å². The van der Waals surface area contributed by atoms with Crippen molar-refractivity contribution in [2.45, 2.75) is 13.8 Å². The van der Waals surface area contributed by atoms with Gasteiger partial charge in [0, 0.05) is 16.4 Å². The van der Waals surface area contributed by atoms with E-state index in [0.29, 0.717) is 11.6 Å². The lowest BCUT2D eigenvalue weighted by Gasteiger charge is -2.11. The molecule has 22 heavy (non-hydrogen) atoms. The fourth-order valence-corrected chi connectivity index (χ4v) is 2.13. The van der Waals surface area contributed by atoms with E-state index in [-0.39, 0.29) is 12.5 Å². The number of nitrogens with one attached hydrogen (secondary N) is 2. The Morgan fingerprint density at radius 3 is 2.59 bits per heavy atom. The van der Waals surface area contributed by atoms with E-state index in [1.54, 1.807) is 6.07 Å². The molecule has 2 N–H and O–H groups in total. The number of hydrogen-bond acceptors (Lipinski definition) is 3. The van der Waals surface area contributed by atoms with Crippen LogP contribution in [0, 0.1) is 6.92 Å². The molecule has 0 saturated carbocycles. The van der Waals surface area contributed by atoms with E-state index < -0.39 is 0 Å². The van der Waals surface area contributed by atoms with Crippen LogP contribution < -0.4 is 15.4 Å². The van der Waals surface area contributed by atoms with Crippen molar-refractivity contribution in [2.75, 3.05) is 23.8 Å². The molecule has 0 bridgehead atoms. The summed E-state index contributed by atoms with van der Waals surface area (Å²) in [4.78, 5) is 12.0. The Bertz CT molecular complexity index is 642. The molecule has 2 aromatic rings. The Balaban J connectivity index is 1.88. The minimum Gasteiger partial charge on any atom is -0.494 e. The van der Waals surface area contributed by atoms with E-state index in [0.717, 1.165) is 22.7 Å². The summed E-state index contributed by atoms with van der Waals surface area (Å²) in [5, 5.41) is 6.55. The average molecular weight is 319 g/mol. The monoisotopic (exact) mass is 318 g/mol. The quantitative estimate of drug-likeness (QED) is 0.843. The summed E-state index contributed by atoms with van der Waals surface area (Å²) in [5.41, 5.74) is 2.45. The first-order chi connectivity index (χ1) is 10.6. The van der Waals surface area contributed by atoms with Gasteiger partial charge in [-0.3, -0.25) is 4.79 Å². The largest absolute Gasteiger partial charge is 0.494 e. The molecule has 5 heteroatoms. The Labute approximate surface area is 135 Å². The highest BCUT2D eigenvalue weighted by atomic mass is 35.5. The number of ether oxygens (including phenoxy) is 1. The third-order valence-corrected chi connectivity index (χ3v) is 3.57. The van der Waals surface area contributed by atoms with Crippen LogP contribution in [0.25, 0.3) is 0 Å². The van der Waals surface area contributed by atoms with E-state index in [1.807, 2.05) is 50.2 Å². The fraction of sp³-hybridized carbons (Fsp3) is 0.235. The predicted molar refractivity (Wildman–Crippen MR) is 90.9 cm³/mol. The van der Waals surface area contributed by atoms with Crippen molar-refractivity contribution >= 4 is 28.9 Å². The molecule has 0 radical (unpaired) electrons. The zero-order valence-electron chi connectivity index (χ0n) is 12.7. The second-order valence-electron chi connectivity index (χ2n) is 4.77. The van der Waals surface area contributed by atoms with Crippen LogP contribution in [0.5, 0.6) is 5.75 Å². The molecule has 0 saturated heterocycles. The van der Waals surface area contributed by atoms with Crippen LogP contribution >= 0.6 is 11.6 Å². The third kappa shape index (κ3) is 4.40. The number of amides is 1. The Morgan fingerprint density at radius 2 is 1.91 bits per heavy atom. The molecule has 116 valence electrons. The van der Waals surface area contributed by atoms with Crippen LogP contribution in [-0.4, -0.2) is 19.1 Å². The first kappa shape index (κ1) is 16.2. The van der Waals surface area contributed by atoms with Crippen LogP contribution in [0.4, 0.5) is 11.4 Å². The number of carbonyl (C=O) groups is 1. The first-order valence-electron chi connectivity index (χ1n) is 7.12. The Kier molecular flexibility index (Phi) is 5.67. The number of rotatable bonds is 6. The van der Waals surface area contributed by atoms with Crippen molar-refractivity contribution in [1.82, 2.24) is 0 Å². The predicted octanol–water partition coefficient (Wildman–Crippen LogP) is 4.10. The molecule has 0 spiro atoms. The molecule has 1 amide bonds. The van der Waals surface area contributed by atoms with Gasteiger partial charge in [0.15, 0.2) is 0 Å². The van der Waals surface area contributed by atoms with E-state index in [4.69, 9.17) is 16.3 Å². The van der Waals surface area contributed by atoms with Crippen molar-refractivity contribution in [1.29, 1.82) is 0 Å².